The minimum atomic E-state index is -1.25. The minimum absolute atomic E-state index is 0.0368. The summed E-state index contributed by atoms with van der Waals surface area (Å²) in [7, 11) is 0. The molecule has 2 aliphatic rings. The number of carbonyl (C=O) groups excluding carboxylic acids is 5. The Morgan fingerprint density at radius 3 is 2.10 bits per heavy atom. The average molecular weight is 536 g/mol. The van der Waals surface area contributed by atoms with Gasteiger partial charge in [0, 0.05) is 6.54 Å². The van der Waals surface area contributed by atoms with Crippen molar-refractivity contribution in [3.8, 4) is 0 Å². The number of carbonyl (C=O) groups is 5. The lowest BCUT2D eigenvalue weighted by molar-refractivity contribution is -0.182. The third-order valence-corrected chi connectivity index (χ3v) is 6.53. The molecule has 206 valence electrons. The topological polar surface area (TPSA) is 114 Å². The molecule has 10 heteroatoms. The Balaban J connectivity index is 1.66. The highest BCUT2D eigenvalue weighted by molar-refractivity contribution is 6.22. The molecule has 0 N–H and O–H groups in total. The molecule has 10 nitrogen and oxygen atoms in total. The third kappa shape index (κ3) is 5.79. The summed E-state index contributed by atoms with van der Waals surface area (Å²) in [5.74, 6) is -2.62. The monoisotopic (exact) mass is 535 g/mol. The van der Waals surface area contributed by atoms with Gasteiger partial charge in [0.2, 0.25) is 0 Å². The summed E-state index contributed by atoms with van der Waals surface area (Å²) in [5.41, 5.74) is 0.321. The smallest absolute Gasteiger partial charge is 0.429 e. The van der Waals surface area contributed by atoms with Crippen molar-refractivity contribution in [2.75, 3.05) is 6.54 Å². The number of hydrogen-bond acceptors (Lipinski definition) is 7. The first-order valence-electron chi connectivity index (χ1n) is 13.0. The molecule has 39 heavy (non-hydrogen) atoms. The van der Waals surface area contributed by atoms with Crippen molar-refractivity contribution in [2.45, 2.75) is 71.2 Å². The van der Waals surface area contributed by atoms with E-state index < -0.39 is 47.5 Å². The lowest BCUT2D eigenvalue weighted by atomic mass is 10.0. The molecular formula is C29H33N3O7. The van der Waals surface area contributed by atoms with Gasteiger partial charge in [-0.1, -0.05) is 49.4 Å². The summed E-state index contributed by atoms with van der Waals surface area (Å²) in [6.45, 7) is 6.86. The van der Waals surface area contributed by atoms with E-state index in [9.17, 15) is 24.0 Å². The number of fused-ring (bicyclic) bond motifs is 1. The molecule has 0 aliphatic carbocycles. The molecule has 1 fully saturated rings. The Kier molecular flexibility index (Phi) is 8.03. The largest absolute Gasteiger partial charge is 0.458 e. The number of esters is 1. The lowest BCUT2D eigenvalue weighted by Gasteiger charge is -2.44. The van der Waals surface area contributed by atoms with E-state index >= 15 is 0 Å². The molecule has 2 aromatic carbocycles. The van der Waals surface area contributed by atoms with Gasteiger partial charge in [-0.05, 0) is 57.7 Å². The molecule has 4 amide bonds. The van der Waals surface area contributed by atoms with Crippen LogP contribution in [0.1, 0.15) is 73.2 Å². The van der Waals surface area contributed by atoms with Gasteiger partial charge in [-0.25, -0.2) is 19.6 Å². The Bertz CT molecular complexity index is 1240. The second-order valence-electron chi connectivity index (χ2n) is 10.5. The predicted molar refractivity (Wildman–Crippen MR) is 140 cm³/mol. The highest BCUT2D eigenvalue weighted by atomic mass is 16.6. The first-order chi connectivity index (χ1) is 18.5. The van der Waals surface area contributed by atoms with Crippen molar-refractivity contribution in [2.24, 2.45) is 0 Å². The van der Waals surface area contributed by atoms with Gasteiger partial charge in [0.25, 0.3) is 17.7 Å². The fourth-order valence-corrected chi connectivity index (χ4v) is 4.78. The van der Waals surface area contributed by atoms with Gasteiger partial charge < -0.3 is 9.47 Å². The second-order valence-corrected chi connectivity index (χ2v) is 10.5. The number of amides is 4. The molecule has 0 unspecified atom stereocenters. The van der Waals surface area contributed by atoms with E-state index in [-0.39, 0.29) is 37.1 Å². The molecule has 2 aliphatic heterocycles. The molecule has 1 saturated heterocycles. The van der Waals surface area contributed by atoms with Crippen molar-refractivity contribution in [3.63, 3.8) is 0 Å². The van der Waals surface area contributed by atoms with E-state index in [2.05, 4.69) is 0 Å². The number of hydrazine groups is 1. The maximum atomic E-state index is 14.2. The summed E-state index contributed by atoms with van der Waals surface area (Å²) < 4.78 is 11.1. The van der Waals surface area contributed by atoms with Crippen LogP contribution in [0.4, 0.5) is 4.79 Å². The molecular weight excluding hydrogens is 502 g/mol. The van der Waals surface area contributed by atoms with Crippen molar-refractivity contribution < 1.29 is 33.4 Å². The van der Waals surface area contributed by atoms with E-state index in [0.717, 1.165) is 20.5 Å². The number of benzene rings is 2. The summed E-state index contributed by atoms with van der Waals surface area (Å²) in [5, 5.41) is 2.12. The summed E-state index contributed by atoms with van der Waals surface area (Å²) in [6.07, 6.45) is -0.0911. The van der Waals surface area contributed by atoms with Crippen LogP contribution < -0.4 is 0 Å². The average Bonchev–Trinajstić information content (AvgIpc) is 3.16. The highest BCUT2D eigenvalue weighted by Gasteiger charge is 2.49. The SMILES string of the molecule is CC[C@@H](C(=O)N1[C@H](C(=O)OC(C)(C)C)CCCN1C(=O)OCc1ccccc1)N1C(=O)c2ccccc2C1=O. The van der Waals surface area contributed by atoms with Gasteiger partial charge in [-0.15, -0.1) is 0 Å². The van der Waals surface area contributed by atoms with Crippen LogP contribution in [0.5, 0.6) is 0 Å². The van der Waals surface area contributed by atoms with Crippen molar-refractivity contribution in [1.82, 2.24) is 14.9 Å². The van der Waals surface area contributed by atoms with Gasteiger partial charge in [-0.2, -0.15) is 0 Å². The molecule has 0 aromatic heterocycles. The zero-order valence-corrected chi connectivity index (χ0v) is 22.6. The van der Waals surface area contributed by atoms with Crippen LogP contribution >= 0.6 is 0 Å². The van der Waals surface area contributed by atoms with Gasteiger partial charge >= 0.3 is 12.1 Å². The van der Waals surface area contributed by atoms with Crippen LogP contribution in [0.2, 0.25) is 0 Å². The maximum Gasteiger partial charge on any atom is 0.429 e. The van der Waals surface area contributed by atoms with E-state index in [0.29, 0.717) is 6.42 Å². The molecule has 2 heterocycles. The van der Waals surface area contributed by atoms with Gasteiger partial charge in [-0.3, -0.25) is 19.3 Å². The van der Waals surface area contributed by atoms with Crippen molar-refractivity contribution in [1.29, 1.82) is 0 Å². The summed E-state index contributed by atoms with van der Waals surface area (Å²) in [6, 6.07) is 13.0. The molecule has 0 radical (unpaired) electrons. The van der Waals surface area contributed by atoms with Crippen LogP contribution in [0, 0.1) is 0 Å². The molecule has 0 spiro atoms. The normalized spacial score (nSPS) is 18.1. The second kappa shape index (κ2) is 11.3. The van der Waals surface area contributed by atoms with Crippen LogP contribution in [-0.4, -0.2) is 68.9 Å². The van der Waals surface area contributed by atoms with E-state index in [4.69, 9.17) is 9.47 Å². The van der Waals surface area contributed by atoms with Gasteiger partial charge in [0.05, 0.1) is 11.1 Å². The molecule has 4 rings (SSSR count). The molecule has 0 saturated carbocycles. The minimum Gasteiger partial charge on any atom is -0.458 e. The van der Waals surface area contributed by atoms with Crippen LogP contribution in [-0.2, 0) is 25.7 Å². The number of nitrogens with zero attached hydrogens (tertiary/aromatic N) is 3. The first-order valence-corrected chi connectivity index (χ1v) is 13.0. The highest BCUT2D eigenvalue weighted by Crippen LogP contribution is 2.30. The van der Waals surface area contributed by atoms with E-state index in [1.54, 1.807) is 52.0 Å². The van der Waals surface area contributed by atoms with Crippen LogP contribution in [0.25, 0.3) is 0 Å². The third-order valence-electron chi connectivity index (χ3n) is 6.53. The van der Waals surface area contributed by atoms with Gasteiger partial charge in [0.1, 0.15) is 18.2 Å². The fourth-order valence-electron chi connectivity index (χ4n) is 4.78. The quantitative estimate of drug-likeness (QED) is 0.407. The zero-order valence-electron chi connectivity index (χ0n) is 22.6. The van der Waals surface area contributed by atoms with E-state index in [1.165, 1.54) is 12.1 Å². The van der Waals surface area contributed by atoms with Crippen molar-refractivity contribution in [3.05, 3.63) is 71.3 Å². The predicted octanol–water partition coefficient (Wildman–Crippen LogP) is 3.95. The Morgan fingerprint density at radius 1 is 0.949 bits per heavy atom. The number of hydrogen-bond donors (Lipinski definition) is 0. The number of rotatable bonds is 6. The fraction of sp³-hybridized carbons (Fsp3) is 0.414. The van der Waals surface area contributed by atoms with Crippen molar-refractivity contribution >= 4 is 29.8 Å². The zero-order chi connectivity index (χ0) is 28.3. The number of imide groups is 1. The first kappa shape index (κ1) is 27.8. The van der Waals surface area contributed by atoms with Gasteiger partial charge in [0.15, 0.2) is 6.04 Å². The standard InChI is InChI=1S/C29H33N3O7/c1-5-22(31-24(33)20-14-9-10-15-21(20)25(31)34)26(35)32-23(27(36)39-29(2,3)4)16-11-17-30(32)28(37)38-18-19-12-7-6-8-13-19/h6-10,12-15,22-23H,5,11,16-18H2,1-4H3/t22-,23-/m0/s1. The lowest BCUT2D eigenvalue weighted by Crippen LogP contribution is -2.64. The van der Waals surface area contributed by atoms with Crippen LogP contribution in [0.3, 0.4) is 0 Å². The summed E-state index contributed by atoms with van der Waals surface area (Å²) in [4.78, 5) is 68.1. The summed E-state index contributed by atoms with van der Waals surface area (Å²) >= 11 is 0. The molecule has 0 bridgehead atoms. The molecule has 2 atom stereocenters. The maximum absolute atomic E-state index is 14.2. The Labute approximate surface area is 227 Å². The van der Waals surface area contributed by atoms with Crippen LogP contribution in [0.15, 0.2) is 54.6 Å². The molecule has 2 aromatic rings. The Morgan fingerprint density at radius 2 is 1.54 bits per heavy atom. The Hall–Kier alpha value is -4.21. The number of ether oxygens (including phenoxy) is 2. The van der Waals surface area contributed by atoms with E-state index in [1.807, 2.05) is 18.2 Å².